The van der Waals surface area contributed by atoms with Gasteiger partial charge in [0, 0.05) is 25.7 Å². The van der Waals surface area contributed by atoms with E-state index in [1.54, 1.807) is 0 Å². The Hall–Kier alpha value is -1.94. The molecule has 92 heavy (non-hydrogen) atoms. The van der Waals surface area contributed by atoms with Crippen LogP contribution in [0.3, 0.4) is 0 Å². The molecule has 0 fully saturated rings. The van der Waals surface area contributed by atoms with E-state index in [4.69, 9.17) is 37.0 Å². The fourth-order valence-electron chi connectivity index (χ4n) is 11.1. The maximum atomic E-state index is 13.1. The molecule has 3 N–H and O–H groups in total. The molecule has 0 heterocycles. The largest absolute Gasteiger partial charge is 0.472 e. The van der Waals surface area contributed by atoms with Crippen molar-refractivity contribution in [3.63, 3.8) is 0 Å². The van der Waals surface area contributed by atoms with Crippen LogP contribution in [-0.2, 0) is 65.4 Å². The summed E-state index contributed by atoms with van der Waals surface area (Å²) in [6.07, 6.45) is 51.6. The smallest absolute Gasteiger partial charge is 0.462 e. The molecule has 0 aromatic rings. The summed E-state index contributed by atoms with van der Waals surface area (Å²) in [5.41, 5.74) is 0. The normalized spacial score (nSPS) is 14.4. The summed E-state index contributed by atoms with van der Waals surface area (Å²) in [6, 6.07) is 0. The molecule has 0 aliphatic carbocycles. The van der Waals surface area contributed by atoms with Crippen molar-refractivity contribution in [1.82, 2.24) is 0 Å². The van der Waals surface area contributed by atoms with Gasteiger partial charge in [0.2, 0.25) is 0 Å². The van der Waals surface area contributed by atoms with Crippen molar-refractivity contribution < 1.29 is 80.2 Å². The Morgan fingerprint density at radius 3 is 0.826 bits per heavy atom. The van der Waals surface area contributed by atoms with E-state index in [1.807, 2.05) is 0 Å². The Labute approximate surface area is 562 Å². The number of esters is 4. The molecule has 0 aliphatic heterocycles. The molecule has 0 rings (SSSR count). The fourth-order valence-corrected chi connectivity index (χ4v) is 12.7. The SMILES string of the molecule is CCCCCCCCCCCCCCCCCCCCCC(=O)O[C@H](COC(=O)CCCCCCCCCCCCCCCC)COP(=O)(O)OC[C@@H](O)COP(=O)(O)OC[C@@H](COC(=O)CCCCCCCCC(C)C)OC(=O)CCCCCCCCC(C)CC. The highest BCUT2D eigenvalue weighted by atomic mass is 31.2. The lowest BCUT2D eigenvalue weighted by molar-refractivity contribution is -0.161. The number of hydrogen-bond acceptors (Lipinski definition) is 15. The fraction of sp³-hybridized carbons (Fsp3) is 0.945. The number of carbonyl (C=O) groups is 4. The molecule has 546 valence electrons. The summed E-state index contributed by atoms with van der Waals surface area (Å²) in [5, 5.41) is 10.6. The summed E-state index contributed by atoms with van der Waals surface area (Å²) in [6.45, 7) is 9.44. The van der Waals surface area contributed by atoms with Gasteiger partial charge in [0.15, 0.2) is 12.2 Å². The Bertz CT molecular complexity index is 1790. The molecule has 0 aromatic carbocycles. The van der Waals surface area contributed by atoms with Crippen LogP contribution in [0.2, 0.25) is 0 Å². The van der Waals surface area contributed by atoms with Crippen molar-refractivity contribution in [2.75, 3.05) is 39.6 Å². The molecular weight excluding hydrogens is 1210 g/mol. The van der Waals surface area contributed by atoms with Crippen LogP contribution >= 0.6 is 15.6 Å². The minimum atomic E-state index is -4.95. The first-order valence-corrected chi connectivity index (χ1v) is 41.0. The second-order valence-corrected chi connectivity index (χ2v) is 30.0. The number of rotatable bonds is 72. The lowest BCUT2D eigenvalue weighted by Crippen LogP contribution is -2.30. The molecular formula is C73H142O17P2. The van der Waals surface area contributed by atoms with Crippen molar-refractivity contribution in [1.29, 1.82) is 0 Å². The summed E-state index contributed by atoms with van der Waals surface area (Å²) < 4.78 is 68.3. The third-order valence-corrected chi connectivity index (χ3v) is 19.2. The van der Waals surface area contributed by atoms with Crippen LogP contribution in [0.5, 0.6) is 0 Å². The van der Waals surface area contributed by atoms with E-state index < -0.39 is 97.5 Å². The van der Waals surface area contributed by atoms with E-state index in [0.717, 1.165) is 102 Å². The number of phosphoric acid groups is 2. The summed E-state index contributed by atoms with van der Waals surface area (Å²) >= 11 is 0. The maximum Gasteiger partial charge on any atom is 0.472 e. The molecule has 3 unspecified atom stereocenters. The number of ether oxygens (including phenoxy) is 4. The van der Waals surface area contributed by atoms with Crippen molar-refractivity contribution in [2.45, 2.75) is 394 Å². The van der Waals surface area contributed by atoms with Gasteiger partial charge in [-0.1, -0.05) is 324 Å². The van der Waals surface area contributed by atoms with Gasteiger partial charge in [0.1, 0.15) is 19.3 Å². The topological polar surface area (TPSA) is 237 Å². The van der Waals surface area contributed by atoms with Gasteiger partial charge in [-0.15, -0.1) is 0 Å². The second-order valence-electron chi connectivity index (χ2n) is 27.1. The highest BCUT2D eigenvalue weighted by molar-refractivity contribution is 7.47. The second kappa shape index (κ2) is 65.0. The van der Waals surface area contributed by atoms with Gasteiger partial charge in [-0.2, -0.15) is 0 Å². The number of hydrogen-bond donors (Lipinski definition) is 3. The zero-order chi connectivity index (χ0) is 67.9. The minimum absolute atomic E-state index is 0.102. The molecule has 0 radical (unpaired) electrons. The average molecular weight is 1350 g/mol. The van der Waals surface area contributed by atoms with Crippen LogP contribution in [0.25, 0.3) is 0 Å². The molecule has 0 aromatic heterocycles. The molecule has 0 aliphatic rings. The van der Waals surface area contributed by atoms with E-state index in [-0.39, 0.29) is 25.7 Å². The monoisotopic (exact) mass is 1350 g/mol. The summed E-state index contributed by atoms with van der Waals surface area (Å²) in [4.78, 5) is 72.6. The Morgan fingerprint density at radius 2 is 0.554 bits per heavy atom. The molecule has 0 saturated carbocycles. The van der Waals surface area contributed by atoms with Crippen LogP contribution in [-0.4, -0.2) is 96.7 Å². The first-order valence-electron chi connectivity index (χ1n) is 38.0. The van der Waals surface area contributed by atoms with E-state index in [9.17, 15) is 43.2 Å². The molecule has 0 amide bonds. The van der Waals surface area contributed by atoms with Crippen molar-refractivity contribution >= 4 is 39.5 Å². The van der Waals surface area contributed by atoms with Crippen LogP contribution in [0.1, 0.15) is 375 Å². The third-order valence-electron chi connectivity index (χ3n) is 17.3. The Morgan fingerprint density at radius 1 is 0.315 bits per heavy atom. The van der Waals surface area contributed by atoms with Crippen molar-refractivity contribution in [2.24, 2.45) is 11.8 Å². The Balaban J connectivity index is 5.21. The van der Waals surface area contributed by atoms with Crippen molar-refractivity contribution in [3.8, 4) is 0 Å². The molecule has 17 nitrogen and oxygen atoms in total. The third kappa shape index (κ3) is 65.4. The van der Waals surface area contributed by atoms with Crippen LogP contribution in [0.4, 0.5) is 0 Å². The summed E-state index contributed by atoms with van der Waals surface area (Å²) in [5.74, 6) is -0.725. The van der Waals surface area contributed by atoms with Crippen LogP contribution < -0.4 is 0 Å². The molecule has 0 spiro atoms. The van der Waals surface area contributed by atoms with Gasteiger partial charge in [-0.05, 0) is 37.5 Å². The summed E-state index contributed by atoms with van der Waals surface area (Å²) in [7, 11) is -9.90. The number of carbonyl (C=O) groups excluding carboxylic acids is 4. The predicted molar refractivity (Wildman–Crippen MR) is 372 cm³/mol. The zero-order valence-corrected chi connectivity index (χ0v) is 61.6. The molecule has 0 saturated heterocycles. The van der Waals surface area contributed by atoms with Gasteiger partial charge in [0.05, 0.1) is 26.4 Å². The van der Waals surface area contributed by atoms with Gasteiger partial charge >= 0.3 is 39.5 Å². The van der Waals surface area contributed by atoms with Gasteiger partial charge in [-0.3, -0.25) is 37.3 Å². The van der Waals surface area contributed by atoms with Gasteiger partial charge in [-0.25, -0.2) is 9.13 Å². The predicted octanol–water partition coefficient (Wildman–Crippen LogP) is 21.2. The standard InChI is InChI=1S/C73H142O17P2/c1-7-10-12-14-16-18-20-22-24-25-26-27-28-30-32-34-36-45-51-57-72(77)89-68(61-83-70(75)55-49-43-35-33-31-29-23-21-19-17-15-13-11-8-2)63-87-91(79,80)85-59-67(74)60-86-92(81,82)88-64-69(62-84-71(76)56-50-44-39-37-41-47-53-65(4)5)90-73(78)58-52-46-40-38-42-48-54-66(6)9-3/h65-69,74H,7-64H2,1-6H3,(H,79,80)(H,81,82)/t66?,67-,68-,69-/m1/s1. The lowest BCUT2D eigenvalue weighted by Gasteiger charge is -2.21. The number of aliphatic hydroxyl groups excluding tert-OH is 1. The minimum Gasteiger partial charge on any atom is -0.462 e. The van der Waals surface area contributed by atoms with Gasteiger partial charge in [0.25, 0.3) is 0 Å². The molecule has 19 heteroatoms. The quantitative estimate of drug-likeness (QED) is 0.0222. The maximum absolute atomic E-state index is 13.1. The van der Waals surface area contributed by atoms with E-state index in [0.29, 0.717) is 31.6 Å². The van der Waals surface area contributed by atoms with Crippen molar-refractivity contribution in [3.05, 3.63) is 0 Å². The highest BCUT2D eigenvalue weighted by Crippen LogP contribution is 2.45. The van der Waals surface area contributed by atoms with E-state index in [1.165, 1.54) is 186 Å². The van der Waals surface area contributed by atoms with Crippen LogP contribution in [0, 0.1) is 11.8 Å². The van der Waals surface area contributed by atoms with Gasteiger partial charge < -0.3 is 33.8 Å². The average Bonchev–Trinajstić information content (AvgIpc) is 2.90. The first-order chi connectivity index (χ1) is 44.4. The molecule has 0 bridgehead atoms. The number of phosphoric ester groups is 2. The molecule has 6 atom stereocenters. The zero-order valence-electron chi connectivity index (χ0n) is 59.9. The lowest BCUT2D eigenvalue weighted by atomic mass is 10.00. The van der Waals surface area contributed by atoms with E-state index in [2.05, 4.69) is 41.5 Å². The number of unbranched alkanes of at least 4 members (excludes halogenated alkanes) is 41. The number of aliphatic hydroxyl groups is 1. The Kier molecular flexibility index (Phi) is 63.7. The highest BCUT2D eigenvalue weighted by Gasteiger charge is 2.30. The first kappa shape index (κ1) is 90.1. The van der Waals surface area contributed by atoms with Crippen LogP contribution in [0.15, 0.2) is 0 Å². The van der Waals surface area contributed by atoms with E-state index >= 15 is 0 Å².